The number of alkyl halides is 3. The summed E-state index contributed by atoms with van der Waals surface area (Å²) in [5, 5.41) is 12.0. The first kappa shape index (κ1) is 19.3. The van der Waals surface area contributed by atoms with Crippen LogP contribution in [-0.2, 0) is 5.60 Å². The molecule has 0 radical (unpaired) electrons. The average Bonchev–Trinajstić information content (AvgIpc) is 3.44. The number of aliphatic hydroxyl groups is 1. The highest BCUT2D eigenvalue weighted by atomic mass is 19.4. The van der Waals surface area contributed by atoms with Crippen molar-refractivity contribution in [2.45, 2.75) is 37.6 Å². The Morgan fingerprint density at radius 2 is 1.68 bits per heavy atom. The van der Waals surface area contributed by atoms with Crippen molar-refractivity contribution in [1.82, 2.24) is 4.90 Å². The highest BCUT2D eigenvalue weighted by molar-refractivity contribution is 5.44. The highest BCUT2D eigenvalue weighted by Crippen LogP contribution is 2.51. The van der Waals surface area contributed by atoms with E-state index in [9.17, 15) is 18.3 Å². The van der Waals surface area contributed by atoms with E-state index in [1.165, 1.54) is 29.8 Å². The van der Waals surface area contributed by atoms with E-state index >= 15 is 0 Å². The molecule has 1 aliphatic carbocycles. The number of likely N-dealkylation sites (tertiary alicyclic amines) is 1. The van der Waals surface area contributed by atoms with E-state index in [1.807, 2.05) is 26.1 Å². The molecule has 2 aliphatic rings. The van der Waals surface area contributed by atoms with E-state index in [-0.39, 0.29) is 5.75 Å². The van der Waals surface area contributed by atoms with E-state index < -0.39 is 17.4 Å². The van der Waals surface area contributed by atoms with Gasteiger partial charge in [-0.15, -0.1) is 13.2 Å². The number of rotatable bonds is 5. The van der Waals surface area contributed by atoms with Crippen LogP contribution >= 0.6 is 0 Å². The van der Waals surface area contributed by atoms with E-state index in [0.29, 0.717) is 24.6 Å². The molecule has 1 saturated heterocycles. The molecular formula is C22H24F3NO2. The van der Waals surface area contributed by atoms with Crippen LogP contribution in [0.5, 0.6) is 5.75 Å². The maximum absolute atomic E-state index is 12.5. The fourth-order valence-electron chi connectivity index (χ4n) is 4.57. The standard InChI is InChI=1S/C22H24F3NO2/c1-20(13-26(2)14-20)21(27,18-5-3-4-16(12-18)15-6-7-15)17-8-10-19(11-9-17)28-22(23,24)25/h3-5,8-12,15,27H,6-7,13-14H2,1-2H3. The molecule has 0 bridgehead atoms. The number of hydrogen-bond donors (Lipinski definition) is 1. The van der Waals surface area contributed by atoms with Crippen LogP contribution in [-0.4, -0.2) is 36.5 Å². The molecule has 150 valence electrons. The van der Waals surface area contributed by atoms with Crippen LogP contribution in [0.25, 0.3) is 0 Å². The van der Waals surface area contributed by atoms with Crippen LogP contribution in [0.15, 0.2) is 48.5 Å². The second-order valence-corrected chi connectivity index (χ2v) is 8.42. The number of halogens is 3. The van der Waals surface area contributed by atoms with Gasteiger partial charge in [0.1, 0.15) is 11.4 Å². The van der Waals surface area contributed by atoms with Gasteiger partial charge in [-0.05, 0) is 54.6 Å². The van der Waals surface area contributed by atoms with Gasteiger partial charge in [-0.25, -0.2) is 0 Å². The monoisotopic (exact) mass is 391 g/mol. The minimum absolute atomic E-state index is 0.291. The van der Waals surface area contributed by atoms with Gasteiger partial charge in [-0.1, -0.05) is 43.3 Å². The lowest BCUT2D eigenvalue weighted by Gasteiger charge is -2.56. The van der Waals surface area contributed by atoms with Crippen molar-refractivity contribution < 1.29 is 23.0 Å². The molecule has 1 aliphatic heterocycles. The fraction of sp³-hybridized carbons (Fsp3) is 0.455. The quantitative estimate of drug-likeness (QED) is 0.805. The zero-order valence-corrected chi connectivity index (χ0v) is 16.0. The van der Waals surface area contributed by atoms with Gasteiger partial charge >= 0.3 is 6.36 Å². The first-order valence-corrected chi connectivity index (χ1v) is 9.48. The number of nitrogens with zero attached hydrogens (tertiary/aromatic N) is 1. The van der Waals surface area contributed by atoms with E-state index in [4.69, 9.17) is 0 Å². The summed E-state index contributed by atoms with van der Waals surface area (Å²) in [5.74, 6) is 0.254. The molecular weight excluding hydrogens is 367 g/mol. The summed E-state index contributed by atoms with van der Waals surface area (Å²) < 4.78 is 41.4. The van der Waals surface area contributed by atoms with Crippen molar-refractivity contribution >= 4 is 0 Å². The van der Waals surface area contributed by atoms with Crippen LogP contribution in [0.4, 0.5) is 13.2 Å². The third kappa shape index (κ3) is 3.40. The molecule has 3 nitrogen and oxygen atoms in total. The maximum Gasteiger partial charge on any atom is 0.573 e. The second kappa shape index (κ2) is 6.49. The van der Waals surface area contributed by atoms with Crippen LogP contribution in [0, 0.1) is 5.41 Å². The van der Waals surface area contributed by atoms with Crippen LogP contribution in [0.1, 0.15) is 42.4 Å². The molecule has 1 saturated carbocycles. The van der Waals surface area contributed by atoms with Gasteiger partial charge in [0.25, 0.3) is 0 Å². The van der Waals surface area contributed by atoms with Crippen molar-refractivity contribution in [2.24, 2.45) is 5.41 Å². The lowest BCUT2D eigenvalue weighted by molar-refractivity contribution is -0.274. The third-order valence-corrected chi connectivity index (χ3v) is 5.97. The van der Waals surface area contributed by atoms with Gasteiger partial charge in [0.15, 0.2) is 0 Å². The van der Waals surface area contributed by atoms with Crippen LogP contribution < -0.4 is 4.74 Å². The normalized spacial score (nSPS) is 21.6. The predicted molar refractivity (Wildman–Crippen MR) is 100 cm³/mol. The molecule has 1 N–H and O–H groups in total. The minimum Gasteiger partial charge on any atom is -0.406 e. The average molecular weight is 391 g/mol. The molecule has 2 aromatic rings. The first-order chi connectivity index (χ1) is 13.1. The SMILES string of the molecule is CN1CC(C)(C(O)(c2ccc(OC(F)(F)F)cc2)c2cccc(C3CC3)c2)C1. The van der Waals surface area contributed by atoms with Crippen molar-refractivity contribution in [3.8, 4) is 5.75 Å². The van der Waals surface area contributed by atoms with Crippen molar-refractivity contribution in [3.05, 3.63) is 65.2 Å². The minimum atomic E-state index is -4.74. The predicted octanol–water partition coefficient (Wildman–Crippen LogP) is 4.65. The van der Waals surface area contributed by atoms with Gasteiger partial charge in [0.2, 0.25) is 0 Å². The molecule has 0 aromatic heterocycles. The molecule has 1 heterocycles. The Balaban J connectivity index is 1.75. The topological polar surface area (TPSA) is 32.7 Å². The number of hydrogen-bond acceptors (Lipinski definition) is 3. The van der Waals surface area contributed by atoms with Crippen LogP contribution in [0.2, 0.25) is 0 Å². The summed E-state index contributed by atoms with van der Waals surface area (Å²) >= 11 is 0. The largest absolute Gasteiger partial charge is 0.573 e. The molecule has 0 amide bonds. The lowest BCUT2D eigenvalue weighted by Crippen LogP contribution is -2.63. The fourth-order valence-corrected chi connectivity index (χ4v) is 4.57. The molecule has 28 heavy (non-hydrogen) atoms. The lowest BCUT2D eigenvalue weighted by atomic mass is 9.62. The Bertz CT molecular complexity index is 855. The van der Waals surface area contributed by atoms with E-state index in [2.05, 4.69) is 21.8 Å². The Labute approximate surface area is 162 Å². The summed E-state index contributed by atoms with van der Waals surface area (Å²) in [6.07, 6.45) is -2.42. The van der Waals surface area contributed by atoms with Crippen molar-refractivity contribution in [3.63, 3.8) is 0 Å². The molecule has 0 spiro atoms. The van der Waals surface area contributed by atoms with Gasteiger partial charge in [0.05, 0.1) is 0 Å². The van der Waals surface area contributed by atoms with Crippen LogP contribution in [0.3, 0.4) is 0 Å². The summed E-state index contributed by atoms with van der Waals surface area (Å²) in [4.78, 5) is 2.12. The smallest absolute Gasteiger partial charge is 0.406 e. The highest BCUT2D eigenvalue weighted by Gasteiger charge is 2.55. The summed E-state index contributed by atoms with van der Waals surface area (Å²) in [6.45, 7) is 3.41. The number of benzene rings is 2. The Morgan fingerprint density at radius 1 is 1.04 bits per heavy atom. The Morgan fingerprint density at radius 3 is 2.21 bits per heavy atom. The summed E-state index contributed by atoms with van der Waals surface area (Å²) in [6, 6.07) is 13.6. The molecule has 2 aromatic carbocycles. The van der Waals surface area contributed by atoms with Gasteiger partial charge in [-0.2, -0.15) is 0 Å². The molecule has 2 fully saturated rings. The second-order valence-electron chi connectivity index (χ2n) is 8.42. The van der Waals surface area contributed by atoms with E-state index in [1.54, 1.807) is 0 Å². The molecule has 6 heteroatoms. The Kier molecular flexibility index (Phi) is 4.47. The number of ether oxygens (including phenoxy) is 1. The summed E-state index contributed by atoms with van der Waals surface area (Å²) in [7, 11) is 1.99. The Hall–Kier alpha value is -2.05. The van der Waals surface area contributed by atoms with Gasteiger partial charge < -0.3 is 14.7 Å². The zero-order chi connectivity index (χ0) is 20.2. The molecule has 1 atom stereocenters. The third-order valence-electron chi connectivity index (χ3n) is 5.97. The molecule has 4 rings (SSSR count). The zero-order valence-electron chi connectivity index (χ0n) is 16.0. The molecule has 1 unspecified atom stereocenters. The van der Waals surface area contributed by atoms with Crippen molar-refractivity contribution in [1.29, 1.82) is 0 Å². The summed E-state index contributed by atoms with van der Waals surface area (Å²) in [5.41, 5.74) is 0.823. The van der Waals surface area contributed by atoms with Gasteiger partial charge in [0, 0.05) is 18.5 Å². The van der Waals surface area contributed by atoms with E-state index in [0.717, 1.165) is 18.4 Å². The van der Waals surface area contributed by atoms with Gasteiger partial charge in [-0.3, -0.25) is 0 Å². The van der Waals surface area contributed by atoms with Crippen molar-refractivity contribution in [2.75, 3.05) is 20.1 Å². The first-order valence-electron chi connectivity index (χ1n) is 9.48. The maximum atomic E-state index is 12.5.